The second-order valence-electron chi connectivity index (χ2n) is 1.21. The fourth-order valence-corrected chi connectivity index (χ4v) is 1.57. The summed E-state index contributed by atoms with van der Waals surface area (Å²) in [5.41, 5.74) is 0. The fraction of sp³-hybridized carbons (Fsp3) is 1.00. The maximum atomic E-state index is 5.29. The molecule has 0 atom stereocenters. The molecule has 5 heteroatoms. The predicted molar refractivity (Wildman–Crippen MR) is 47.1 cm³/mol. The number of hydrogen-bond acceptors (Lipinski definition) is 0. The van der Waals surface area contributed by atoms with Crippen molar-refractivity contribution in [1.29, 1.82) is 0 Å². The van der Waals surface area contributed by atoms with Crippen LogP contribution in [0.5, 0.6) is 0 Å². The first-order valence-electron chi connectivity index (χ1n) is 1.77. The summed E-state index contributed by atoms with van der Waals surface area (Å²) in [6, 6.07) is 0. The maximum absolute atomic E-state index is 5.29. The molecule has 0 aromatic heterocycles. The molecule has 0 aliphatic carbocycles. The average Bonchev–Trinajstić information content (AvgIpc) is 1.21. The first-order valence-corrected chi connectivity index (χ1v) is 3.77. The Balaban J connectivity index is 0. The van der Waals surface area contributed by atoms with Crippen molar-refractivity contribution in [2.75, 3.05) is 0 Å². The van der Waals surface area contributed by atoms with E-state index in [2.05, 4.69) is 0 Å². The topological polar surface area (TPSA) is 0 Å². The van der Waals surface area contributed by atoms with Gasteiger partial charge in [-0.1, -0.05) is 42.2 Å². The first kappa shape index (κ1) is 13.1. The van der Waals surface area contributed by atoms with Gasteiger partial charge in [-0.2, -0.15) is 0 Å². The van der Waals surface area contributed by atoms with Crippen LogP contribution in [-0.4, -0.2) is 8.63 Å². The summed E-state index contributed by atoms with van der Waals surface area (Å²) in [6.45, 7) is 0. The third-order valence-corrected chi connectivity index (χ3v) is 1.16. The highest BCUT2D eigenvalue weighted by molar-refractivity contribution is 6.68. The lowest BCUT2D eigenvalue weighted by atomic mass is 10.5. The van der Waals surface area contributed by atoms with Crippen LogP contribution in [0.3, 0.4) is 0 Å². The zero-order chi connectivity index (χ0) is 6.78. The molecule has 0 radical (unpaired) electrons. The molecule has 0 saturated heterocycles. The van der Waals surface area contributed by atoms with Gasteiger partial charge in [-0.25, -0.2) is 0 Å². The highest BCUT2D eigenvalue weighted by Crippen LogP contribution is 2.33. The van der Waals surface area contributed by atoms with Crippen LogP contribution in [0.2, 0.25) is 0 Å². The van der Waals surface area contributed by atoms with Gasteiger partial charge in [0.15, 0.2) is 3.79 Å². The summed E-state index contributed by atoms with van der Waals surface area (Å²) in [6.07, 6.45) is 0.154. The molecular weight excluding hydrogens is 225 g/mol. The van der Waals surface area contributed by atoms with Gasteiger partial charge in [-0.3, -0.25) is 0 Å². The van der Waals surface area contributed by atoms with Crippen LogP contribution >= 0.6 is 58.0 Å². The average molecular weight is 232 g/mol. The standard InChI is InChI=1S/C3H3Cl5.CH4/c4-2(5)1-3(6,7)8;/h2H,1H2;1H4. The molecule has 0 bridgehead atoms. The van der Waals surface area contributed by atoms with Crippen molar-refractivity contribution >= 4 is 58.0 Å². The van der Waals surface area contributed by atoms with Crippen LogP contribution in [-0.2, 0) is 0 Å². The summed E-state index contributed by atoms with van der Waals surface area (Å²) in [5, 5.41) is 0. The number of hydrogen-bond donors (Lipinski definition) is 0. The Morgan fingerprint density at radius 3 is 1.44 bits per heavy atom. The Labute approximate surface area is 80.4 Å². The lowest BCUT2D eigenvalue weighted by molar-refractivity contribution is 0.938. The van der Waals surface area contributed by atoms with Gasteiger partial charge in [-0.05, 0) is 0 Å². The molecule has 58 valence electrons. The van der Waals surface area contributed by atoms with E-state index in [1.165, 1.54) is 0 Å². The molecule has 9 heavy (non-hydrogen) atoms. The highest BCUT2D eigenvalue weighted by atomic mass is 35.6. The Morgan fingerprint density at radius 1 is 1.11 bits per heavy atom. The molecule has 0 aliphatic rings. The molecule has 0 N–H and O–H groups in total. The van der Waals surface area contributed by atoms with E-state index in [1.54, 1.807) is 0 Å². The van der Waals surface area contributed by atoms with Crippen molar-refractivity contribution < 1.29 is 0 Å². The van der Waals surface area contributed by atoms with Gasteiger partial charge in [0.25, 0.3) is 0 Å². The summed E-state index contributed by atoms with van der Waals surface area (Å²) in [5.74, 6) is 0. The van der Waals surface area contributed by atoms with E-state index >= 15 is 0 Å². The summed E-state index contributed by atoms with van der Waals surface area (Å²) in [7, 11) is 0. The first-order chi connectivity index (χ1) is 3.42. The molecule has 0 nitrogen and oxygen atoms in total. The maximum Gasteiger partial charge on any atom is 0.193 e. The molecule has 0 aliphatic heterocycles. The van der Waals surface area contributed by atoms with Crippen molar-refractivity contribution in [2.24, 2.45) is 0 Å². The van der Waals surface area contributed by atoms with Crippen LogP contribution in [0.25, 0.3) is 0 Å². The molecule has 0 spiro atoms. The zero-order valence-corrected chi connectivity index (χ0v) is 7.45. The monoisotopic (exact) mass is 230 g/mol. The second kappa shape index (κ2) is 5.15. The Kier molecular flexibility index (Phi) is 7.47. The van der Waals surface area contributed by atoms with Gasteiger partial charge in [-0.15, -0.1) is 23.2 Å². The molecule has 0 aromatic carbocycles. The van der Waals surface area contributed by atoms with Crippen LogP contribution in [0.15, 0.2) is 0 Å². The van der Waals surface area contributed by atoms with Crippen molar-refractivity contribution in [3.8, 4) is 0 Å². The summed E-state index contributed by atoms with van der Waals surface area (Å²) < 4.78 is -1.33. The normalized spacial score (nSPS) is 11.3. The number of rotatable bonds is 1. The van der Waals surface area contributed by atoms with Crippen LogP contribution in [0.4, 0.5) is 0 Å². The third-order valence-electron chi connectivity index (χ3n) is 0.386. The van der Waals surface area contributed by atoms with E-state index in [0.717, 1.165) is 0 Å². The molecule has 0 unspecified atom stereocenters. The minimum Gasteiger partial charge on any atom is -0.105 e. The van der Waals surface area contributed by atoms with Gasteiger partial charge in [0, 0.05) is 6.42 Å². The van der Waals surface area contributed by atoms with Crippen LogP contribution in [0, 0.1) is 0 Å². The van der Waals surface area contributed by atoms with E-state index in [1.807, 2.05) is 0 Å². The van der Waals surface area contributed by atoms with Gasteiger partial charge in [0.2, 0.25) is 0 Å². The van der Waals surface area contributed by atoms with E-state index in [9.17, 15) is 0 Å². The minimum absolute atomic E-state index is 0. The van der Waals surface area contributed by atoms with E-state index in [-0.39, 0.29) is 13.8 Å². The molecule has 0 saturated carbocycles. The predicted octanol–water partition coefficient (Wildman–Crippen LogP) is 4.19. The van der Waals surface area contributed by atoms with Crippen molar-refractivity contribution in [3.63, 3.8) is 0 Å². The van der Waals surface area contributed by atoms with Crippen molar-refractivity contribution in [3.05, 3.63) is 0 Å². The SMILES string of the molecule is C.ClC(Cl)CC(Cl)(Cl)Cl. The van der Waals surface area contributed by atoms with Gasteiger partial charge < -0.3 is 0 Å². The van der Waals surface area contributed by atoms with E-state index in [4.69, 9.17) is 58.0 Å². The van der Waals surface area contributed by atoms with Crippen LogP contribution < -0.4 is 0 Å². The Morgan fingerprint density at radius 2 is 1.44 bits per heavy atom. The van der Waals surface area contributed by atoms with Crippen molar-refractivity contribution in [1.82, 2.24) is 0 Å². The number of alkyl halides is 5. The molecule has 0 fully saturated rings. The highest BCUT2D eigenvalue weighted by Gasteiger charge is 2.22. The van der Waals surface area contributed by atoms with Gasteiger partial charge in [0.1, 0.15) is 4.84 Å². The molecular formula is C4H7Cl5. The minimum atomic E-state index is -1.33. The Bertz CT molecular complexity index is 63.8. The molecule has 0 amide bonds. The molecule has 0 heterocycles. The smallest absolute Gasteiger partial charge is 0.105 e. The van der Waals surface area contributed by atoms with Crippen LogP contribution in [0.1, 0.15) is 13.8 Å². The molecule has 0 rings (SSSR count). The van der Waals surface area contributed by atoms with Gasteiger partial charge in [0.05, 0.1) is 0 Å². The largest absolute Gasteiger partial charge is 0.193 e. The number of halogens is 5. The quantitative estimate of drug-likeness (QED) is 0.595. The summed E-state index contributed by atoms with van der Waals surface area (Å²) in [4.78, 5) is -0.609. The zero-order valence-electron chi connectivity index (χ0n) is 3.67. The summed E-state index contributed by atoms with van der Waals surface area (Å²) >= 11 is 26.4. The van der Waals surface area contributed by atoms with Gasteiger partial charge >= 0.3 is 0 Å². The lowest BCUT2D eigenvalue weighted by Crippen LogP contribution is -2.06. The third kappa shape index (κ3) is 12.6. The molecule has 0 aromatic rings. The fourth-order valence-electron chi connectivity index (χ4n) is 0.175. The lowest BCUT2D eigenvalue weighted by Gasteiger charge is -2.09. The van der Waals surface area contributed by atoms with Crippen molar-refractivity contribution in [2.45, 2.75) is 22.5 Å². The van der Waals surface area contributed by atoms with E-state index < -0.39 is 8.63 Å². The second-order valence-corrected chi connectivity index (χ2v) is 5.00. The Hall–Kier alpha value is 1.45. The van der Waals surface area contributed by atoms with E-state index in [0.29, 0.717) is 0 Å².